The molecular weight excluding hydrogens is 214 g/mol. The van der Waals surface area contributed by atoms with Crippen LogP contribution in [0.3, 0.4) is 0 Å². The highest BCUT2D eigenvalue weighted by Gasteiger charge is 1.98. The first kappa shape index (κ1) is 11.7. The number of aromatic nitrogens is 2. The molecule has 0 saturated heterocycles. The Balaban J connectivity index is 1.73. The number of rotatable bonds is 5. The van der Waals surface area contributed by atoms with Gasteiger partial charge >= 0.3 is 0 Å². The third-order valence-corrected chi connectivity index (χ3v) is 2.71. The predicted molar refractivity (Wildman–Crippen MR) is 66.7 cm³/mol. The van der Waals surface area contributed by atoms with Gasteiger partial charge in [-0.15, -0.1) is 0 Å². The van der Waals surface area contributed by atoms with Crippen molar-refractivity contribution < 1.29 is 5.11 Å². The van der Waals surface area contributed by atoms with Crippen LogP contribution in [0.25, 0.3) is 0 Å². The fraction of sp³-hybridized carbons (Fsp3) is 0.308. The Labute approximate surface area is 101 Å². The number of hydrogen-bond donors (Lipinski definition) is 2. The van der Waals surface area contributed by atoms with Gasteiger partial charge in [0.2, 0.25) is 0 Å². The highest BCUT2D eigenvalue weighted by atomic mass is 16.3. The molecule has 2 N–H and O–H groups in total. The van der Waals surface area contributed by atoms with Crippen molar-refractivity contribution in [2.75, 3.05) is 6.54 Å². The van der Waals surface area contributed by atoms with Crippen LogP contribution < -0.4 is 5.32 Å². The molecule has 2 aromatic rings. The first-order chi connectivity index (χ1) is 8.25. The summed E-state index contributed by atoms with van der Waals surface area (Å²) in [4.78, 5) is 4.26. The minimum atomic E-state index is 0.307. The van der Waals surface area contributed by atoms with E-state index in [9.17, 15) is 0 Å². The topological polar surface area (TPSA) is 50.1 Å². The van der Waals surface area contributed by atoms with Crippen LogP contribution in [-0.4, -0.2) is 21.2 Å². The third kappa shape index (κ3) is 3.32. The molecular formula is C13H17N3O. The fourth-order valence-corrected chi connectivity index (χ4v) is 1.68. The van der Waals surface area contributed by atoms with Crippen molar-refractivity contribution in [2.24, 2.45) is 7.05 Å². The van der Waals surface area contributed by atoms with Crippen molar-refractivity contribution in [1.29, 1.82) is 0 Å². The van der Waals surface area contributed by atoms with Gasteiger partial charge in [-0.2, -0.15) is 0 Å². The Kier molecular flexibility index (Phi) is 3.77. The average Bonchev–Trinajstić information content (AvgIpc) is 2.73. The molecule has 0 spiro atoms. The van der Waals surface area contributed by atoms with Gasteiger partial charge in [-0.05, 0) is 17.7 Å². The Morgan fingerprint density at radius 3 is 2.71 bits per heavy atom. The second-order valence-electron chi connectivity index (χ2n) is 4.05. The molecule has 0 aliphatic heterocycles. The third-order valence-electron chi connectivity index (χ3n) is 2.71. The largest absolute Gasteiger partial charge is 0.508 e. The number of benzene rings is 1. The van der Waals surface area contributed by atoms with Crippen LogP contribution in [0.4, 0.5) is 0 Å². The molecule has 1 heterocycles. The van der Waals surface area contributed by atoms with E-state index in [1.165, 1.54) is 5.56 Å². The maximum atomic E-state index is 9.15. The number of aryl methyl sites for hydroxylation is 1. The van der Waals surface area contributed by atoms with Crippen LogP contribution in [0.5, 0.6) is 5.75 Å². The summed E-state index contributed by atoms with van der Waals surface area (Å²) in [5.74, 6) is 1.39. The summed E-state index contributed by atoms with van der Waals surface area (Å²) in [5, 5.41) is 12.5. The summed E-state index contributed by atoms with van der Waals surface area (Å²) in [5.41, 5.74) is 1.17. The molecule has 1 aromatic heterocycles. The van der Waals surface area contributed by atoms with E-state index in [-0.39, 0.29) is 0 Å². The normalized spacial score (nSPS) is 10.6. The van der Waals surface area contributed by atoms with E-state index in [0.29, 0.717) is 5.75 Å². The number of phenolic OH excluding ortho intramolecular Hbond substituents is 1. The maximum Gasteiger partial charge on any atom is 0.115 e. The quantitative estimate of drug-likeness (QED) is 0.766. The highest BCUT2D eigenvalue weighted by Crippen LogP contribution is 2.09. The van der Waals surface area contributed by atoms with Crippen molar-refractivity contribution in [3.8, 4) is 5.75 Å². The molecule has 0 bridgehead atoms. The van der Waals surface area contributed by atoms with Crippen molar-refractivity contribution in [3.63, 3.8) is 0 Å². The zero-order valence-corrected chi connectivity index (χ0v) is 9.93. The molecule has 4 nitrogen and oxygen atoms in total. The first-order valence-corrected chi connectivity index (χ1v) is 5.70. The molecule has 90 valence electrons. The highest BCUT2D eigenvalue weighted by molar-refractivity contribution is 5.25. The predicted octanol–water partition coefficient (Wildman–Crippen LogP) is 1.46. The monoisotopic (exact) mass is 231 g/mol. The van der Waals surface area contributed by atoms with Gasteiger partial charge < -0.3 is 15.0 Å². The van der Waals surface area contributed by atoms with Gasteiger partial charge in [-0.1, -0.05) is 12.1 Å². The summed E-state index contributed by atoms with van der Waals surface area (Å²) in [6.45, 7) is 1.70. The lowest BCUT2D eigenvalue weighted by atomic mass is 10.2. The lowest BCUT2D eigenvalue weighted by Gasteiger charge is -2.05. The van der Waals surface area contributed by atoms with Gasteiger partial charge in [-0.3, -0.25) is 0 Å². The smallest absolute Gasteiger partial charge is 0.115 e. The van der Waals surface area contributed by atoms with Crippen molar-refractivity contribution in [3.05, 3.63) is 48.0 Å². The van der Waals surface area contributed by atoms with E-state index >= 15 is 0 Å². The Morgan fingerprint density at radius 1 is 1.29 bits per heavy atom. The average molecular weight is 231 g/mol. The van der Waals surface area contributed by atoms with Crippen LogP contribution in [0.2, 0.25) is 0 Å². The van der Waals surface area contributed by atoms with E-state index in [0.717, 1.165) is 25.3 Å². The van der Waals surface area contributed by atoms with Crippen molar-refractivity contribution >= 4 is 0 Å². The second kappa shape index (κ2) is 5.50. The summed E-state index contributed by atoms with van der Waals surface area (Å²) < 4.78 is 2.03. The second-order valence-corrected chi connectivity index (χ2v) is 4.05. The van der Waals surface area contributed by atoms with E-state index in [4.69, 9.17) is 5.11 Å². The standard InChI is InChI=1S/C13H17N3O/c1-16-9-8-15-13(16)6-7-14-10-11-2-4-12(17)5-3-11/h2-5,8-9,14,17H,6-7,10H2,1H3. The molecule has 0 amide bonds. The van der Waals surface area contributed by atoms with Gasteiger partial charge in [0.25, 0.3) is 0 Å². The number of aromatic hydroxyl groups is 1. The van der Waals surface area contributed by atoms with E-state index in [1.807, 2.05) is 36.1 Å². The van der Waals surface area contributed by atoms with Gasteiger partial charge in [-0.25, -0.2) is 4.98 Å². The molecule has 0 atom stereocenters. The summed E-state index contributed by atoms with van der Waals surface area (Å²) >= 11 is 0. The van der Waals surface area contributed by atoms with E-state index in [2.05, 4.69) is 10.3 Å². The Morgan fingerprint density at radius 2 is 2.06 bits per heavy atom. The van der Waals surface area contributed by atoms with E-state index < -0.39 is 0 Å². The molecule has 0 unspecified atom stereocenters. The molecule has 4 heteroatoms. The van der Waals surface area contributed by atoms with Crippen LogP contribution >= 0.6 is 0 Å². The van der Waals surface area contributed by atoms with Gasteiger partial charge in [0, 0.05) is 39.0 Å². The minimum absolute atomic E-state index is 0.307. The van der Waals surface area contributed by atoms with Crippen LogP contribution in [0.1, 0.15) is 11.4 Å². The molecule has 0 saturated carbocycles. The first-order valence-electron chi connectivity index (χ1n) is 5.70. The molecule has 0 aliphatic carbocycles. The zero-order chi connectivity index (χ0) is 12.1. The van der Waals surface area contributed by atoms with E-state index in [1.54, 1.807) is 12.1 Å². The number of nitrogens with zero attached hydrogens (tertiary/aromatic N) is 2. The number of imidazole rings is 1. The molecule has 0 aliphatic rings. The van der Waals surface area contributed by atoms with Gasteiger partial charge in [0.1, 0.15) is 11.6 Å². The zero-order valence-electron chi connectivity index (χ0n) is 9.93. The van der Waals surface area contributed by atoms with Crippen molar-refractivity contribution in [1.82, 2.24) is 14.9 Å². The Hall–Kier alpha value is -1.81. The number of hydrogen-bond acceptors (Lipinski definition) is 3. The lowest BCUT2D eigenvalue weighted by Crippen LogP contribution is -2.18. The molecule has 1 aromatic carbocycles. The summed E-state index contributed by atoms with van der Waals surface area (Å²) in [6.07, 6.45) is 4.69. The molecule has 0 fully saturated rings. The Bertz CT molecular complexity index is 462. The fourth-order valence-electron chi connectivity index (χ4n) is 1.68. The van der Waals surface area contributed by atoms with Crippen molar-refractivity contribution in [2.45, 2.75) is 13.0 Å². The number of phenols is 1. The lowest BCUT2D eigenvalue weighted by molar-refractivity contribution is 0.475. The molecule has 0 radical (unpaired) electrons. The summed E-state index contributed by atoms with van der Waals surface area (Å²) in [7, 11) is 2.00. The SMILES string of the molecule is Cn1ccnc1CCNCc1ccc(O)cc1. The maximum absolute atomic E-state index is 9.15. The van der Waals surface area contributed by atoms with Crippen LogP contribution in [0, 0.1) is 0 Å². The van der Waals surface area contributed by atoms with Gasteiger partial charge in [0.05, 0.1) is 0 Å². The van der Waals surface area contributed by atoms with Crippen LogP contribution in [-0.2, 0) is 20.0 Å². The minimum Gasteiger partial charge on any atom is -0.508 e. The van der Waals surface area contributed by atoms with Gasteiger partial charge in [0.15, 0.2) is 0 Å². The molecule has 2 rings (SSSR count). The molecule has 17 heavy (non-hydrogen) atoms. The number of nitrogens with one attached hydrogen (secondary N) is 1. The summed E-state index contributed by atoms with van der Waals surface area (Å²) in [6, 6.07) is 7.25. The van der Waals surface area contributed by atoms with Crippen LogP contribution in [0.15, 0.2) is 36.7 Å².